The molecule has 0 N–H and O–H groups in total. The minimum absolute atomic E-state index is 0.723. The van der Waals surface area contributed by atoms with Crippen LogP contribution in [0.25, 0.3) is 28.2 Å². The van der Waals surface area contributed by atoms with E-state index in [0.29, 0.717) is 0 Å². The molecule has 27 heavy (non-hydrogen) atoms. The molecule has 4 rings (SSSR count). The van der Waals surface area contributed by atoms with Gasteiger partial charge in [0.1, 0.15) is 0 Å². The number of anilines is 1. The number of hydrogen-bond donors (Lipinski definition) is 0. The predicted molar refractivity (Wildman–Crippen MR) is 114 cm³/mol. The number of aromatic nitrogens is 2. The van der Waals surface area contributed by atoms with Gasteiger partial charge in [-0.05, 0) is 42.5 Å². The lowest BCUT2D eigenvalue weighted by Crippen LogP contribution is -2.08. The molecule has 0 aliphatic rings. The molecular formula is C23H20ClN3. The Balaban J connectivity index is 1.84. The van der Waals surface area contributed by atoms with Crippen molar-refractivity contribution >= 4 is 17.3 Å². The molecule has 0 aliphatic heterocycles. The van der Waals surface area contributed by atoms with Crippen molar-refractivity contribution in [3.63, 3.8) is 0 Å². The van der Waals surface area contributed by atoms with Crippen molar-refractivity contribution in [1.82, 2.24) is 9.78 Å². The highest BCUT2D eigenvalue weighted by Gasteiger charge is 2.13. The summed E-state index contributed by atoms with van der Waals surface area (Å²) in [5.41, 5.74) is 6.34. The van der Waals surface area contributed by atoms with Crippen molar-refractivity contribution in [2.24, 2.45) is 0 Å². The van der Waals surface area contributed by atoms with Gasteiger partial charge < -0.3 is 4.90 Å². The summed E-state index contributed by atoms with van der Waals surface area (Å²) >= 11 is 6.04. The van der Waals surface area contributed by atoms with Crippen LogP contribution in [-0.4, -0.2) is 23.9 Å². The van der Waals surface area contributed by atoms with E-state index in [1.54, 1.807) is 0 Å². The molecule has 4 heteroatoms. The number of rotatable bonds is 4. The van der Waals surface area contributed by atoms with Crippen LogP contribution in [0.4, 0.5) is 5.69 Å². The monoisotopic (exact) mass is 373 g/mol. The van der Waals surface area contributed by atoms with Gasteiger partial charge in [-0.3, -0.25) is 0 Å². The normalized spacial score (nSPS) is 10.8. The molecule has 0 unspecified atom stereocenters. The van der Waals surface area contributed by atoms with E-state index < -0.39 is 0 Å². The van der Waals surface area contributed by atoms with Gasteiger partial charge in [-0.2, -0.15) is 5.10 Å². The Bertz CT molecular complexity index is 1030. The standard InChI is InChI=1S/C23H20ClN3/c1-26(2)20-14-10-18(11-15-20)23-16-22(17-8-12-19(24)13-9-17)25-27(23)21-6-4-3-5-7-21/h3-16H,1-2H3. The summed E-state index contributed by atoms with van der Waals surface area (Å²) in [5.74, 6) is 0. The van der Waals surface area contributed by atoms with Crippen LogP contribution in [0.3, 0.4) is 0 Å². The fourth-order valence-electron chi connectivity index (χ4n) is 3.04. The van der Waals surface area contributed by atoms with Crippen molar-refractivity contribution < 1.29 is 0 Å². The Kier molecular flexibility index (Phi) is 4.69. The van der Waals surface area contributed by atoms with Crippen molar-refractivity contribution in [2.75, 3.05) is 19.0 Å². The van der Waals surface area contributed by atoms with Crippen LogP contribution in [0, 0.1) is 0 Å². The quantitative estimate of drug-likeness (QED) is 0.442. The summed E-state index contributed by atoms with van der Waals surface area (Å²) in [7, 11) is 4.09. The molecule has 0 saturated carbocycles. The minimum atomic E-state index is 0.723. The first-order valence-corrected chi connectivity index (χ1v) is 9.19. The molecule has 0 fully saturated rings. The van der Waals surface area contributed by atoms with Crippen LogP contribution in [0.15, 0.2) is 84.9 Å². The van der Waals surface area contributed by atoms with E-state index in [0.717, 1.165) is 33.2 Å². The Morgan fingerprint density at radius 2 is 1.41 bits per heavy atom. The lowest BCUT2D eigenvalue weighted by molar-refractivity contribution is 0.892. The molecular weight excluding hydrogens is 354 g/mol. The first-order chi connectivity index (χ1) is 13.1. The predicted octanol–water partition coefficient (Wildman–Crippen LogP) is 5.93. The average Bonchev–Trinajstić information content (AvgIpc) is 3.15. The molecule has 3 aromatic carbocycles. The van der Waals surface area contributed by atoms with E-state index in [1.165, 1.54) is 5.69 Å². The van der Waals surface area contributed by atoms with Gasteiger partial charge in [-0.1, -0.05) is 54.1 Å². The highest BCUT2D eigenvalue weighted by molar-refractivity contribution is 6.30. The Hall–Kier alpha value is -3.04. The molecule has 0 bridgehead atoms. The summed E-state index contributed by atoms with van der Waals surface area (Å²) in [6, 6.07) is 28.6. The molecule has 134 valence electrons. The smallest absolute Gasteiger partial charge is 0.0934 e. The summed E-state index contributed by atoms with van der Waals surface area (Å²) in [4.78, 5) is 2.09. The van der Waals surface area contributed by atoms with Crippen molar-refractivity contribution in [2.45, 2.75) is 0 Å². The zero-order valence-electron chi connectivity index (χ0n) is 15.3. The van der Waals surface area contributed by atoms with Gasteiger partial charge >= 0.3 is 0 Å². The fourth-order valence-corrected chi connectivity index (χ4v) is 3.17. The number of hydrogen-bond acceptors (Lipinski definition) is 2. The first kappa shape index (κ1) is 17.4. The second-order valence-corrected chi connectivity index (χ2v) is 7.05. The van der Waals surface area contributed by atoms with E-state index in [9.17, 15) is 0 Å². The Morgan fingerprint density at radius 1 is 0.778 bits per heavy atom. The van der Waals surface area contributed by atoms with Crippen molar-refractivity contribution in [3.8, 4) is 28.2 Å². The molecule has 4 aromatic rings. The largest absolute Gasteiger partial charge is 0.378 e. The second kappa shape index (κ2) is 7.29. The van der Waals surface area contributed by atoms with Gasteiger partial charge in [-0.25, -0.2) is 4.68 Å². The zero-order chi connectivity index (χ0) is 18.8. The number of benzene rings is 3. The van der Waals surface area contributed by atoms with E-state index >= 15 is 0 Å². The molecule has 0 atom stereocenters. The van der Waals surface area contributed by atoms with Crippen LogP contribution in [0.2, 0.25) is 5.02 Å². The maximum Gasteiger partial charge on any atom is 0.0934 e. The van der Waals surface area contributed by atoms with Gasteiger partial charge in [0, 0.05) is 35.9 Å². The highest BCUT2D eigenvalue weighted by atomic mass is 35.5. The maximum absolute atomic E-state index is 6.04. The Morgan fingerprint density at radius 3 is 2.04 bits per heavy atom. The van der Waals surface area contributed by atoms with Crippen molar-refractivity contribution in [1.29, 1.82) is 0 Å². The molecule has 0 aliphatic carbocycles. The molecule has 0 saturated heterocycles. The van der Waals surface area contributed by atoms with Gasteiger partial charge in [0.15, 0.2) is 0 Å². The average molecular weight is 374 g/mol. The van der Waals surface area contributed by atoms with E-state index in [-0.39, 0.29) is 0 Å². The van der Waals surface area contributed by atoms with E-state index in [2.05, 4.69) is 47.4 Å². The third-order valence-corrected chi connectivity index (χ3v) is 4.78. The summed E-state index contributed by atoms with van der Waals surface area (Å²) in [6.07, 6.45) is 0. The first-order valence-electron chi connectivity index (χ1n) is 8.81. The van der Waals surface area contributed by atoms with Crippen LogP contribution in [0.5, 0.6) is 0 Å². The van der Waals surface area contributed by atoms with Crippen LogP contribution in [-0.2, 0) is 0 Å². The third-order valence-electron chi connectivity index (χ3n) is 4.53. The molecule has 1 aromatic heterocycles. The second-order valence-electron chi connectivity index (χ2n) is 6.61. The number of para-hydroxylation sites is 1. The van der Waals surface area contributed by atoms with Crippen molar-refractivity contribution in [3.05, 3.63) is 90.0 Å². The van der Waals surface area contributed by atoms with Crippen LogP contribution < -0.4 is 4.90 Å². The van der Waals surface area contributed by atoms with E-state index in [4.69, 9.17) is 16.7 Å². The molecule has 1 heterocycles. The lowest BCUT2D eigenvalue weighted by Gasteiger charge is -2.13. The van der Waals surface area contributed by atoms with E-state index in [1.807, 2.05) is 61.2 Å². The maximum atomic E-state index is 6.04. The molecule has 0 radical (unpaired) electrons. The van der Waals surface area contributed by atoms with Crippen LogP contribution >= 0.6 is 11.6 Å². The molecule has 3 nitrogen and oxygen atoms in total. The topological polar surface area (TPSA) is 21.1 Å². The van der Waals surface area contributed by atoms with Gasteiger partial charge in [0.25, 0.3) is 0 Å². The number of nitrogens with zero attached hydrogens (tertiary/aromatic N) is 3. The summed E-state index contributed by atoms with van der Waals surface area (Å²) in [6.45, 7) is 0. The van der Waals surface area contributed by atoms with Gasteiger partial charge in [0.2, 0.25) is 0 Å². The van der Waals surface area contributed by atoms with Gasteiger partial charge in [0.05, 0.1) is 17.1 Å². The molecule has 0 spiro atoms. The minimum Gasteiger partial charge on any atom is -0.378 e. The Labute approximate surface area is 164 Å². The third kappa shape index (κ3) is 3.60. The SMILES string of the molecule is CN(C)c1ccc(-c2cc(-c3ccc(Cl)cc3)nn2-c2ccccc2)cc1. The molecule has 0 amide bonds. The fraction of sp³-hybridized carbons (Fsp3) is 0.0870. The van der Waals surface area contributed by atoms with Crippen LogP contribution in [0.1, 0.15) is 0 Å². The summed E-state index contributed by atoms with van der Waals surface area (Å²) < 4.78 is 1.99. The lowest BCUT2D eigenvalue weighted by atomic mass is 10.1. The zero-order valence-corrected chi connectivity index (χ0v) is 16.1. The number of halogens is 1. The highest BCUT2D eigenvalue weighted by Crippen LogP contribution is 2.30. The van der Waals surface area contributed by atoms with Gasteiger partial charge in [-0.15, -0.1) is 0 Å². The summed E-state index contributed by atoms with van der Waals surface area (Å²) in [5, 5.41) is 5.60.